The van der Waals surface area contributed by atoms with E-state index in [1.807, 2.05) is 52.8 Å². The third-order valence-corrected chi connectivity index (χ3v) is 4.11. The molecule has 1 aromatic carbocycles. The van der Waals surface area contributed by atoms with Crippen LogP contribution < -0.4 is 18.9 Å². The number of ether oxygens (including phenoxy) is 2. The van der Waals surface area contributed by atoms with Gasteiger partial charge in [-0.25, -0.2) is 4.79 Å². The van der Waals surface area contributed by atoms with Gasteiger partial charge in [-0.1, -0.05) is 18.6 Å². The van der Waals surface area contributed by atoms with Crippen LogP contribution in [0, 0.1) is 6.07 Å². The number of amides is 1. The molecule has 1 heterocycles. The molecule has 1 amide bonds. The van der Waals surface area contributed by atoms with Gasteiger partial charge in [-0.15, -0.1) is 0 Å². The standard InChI is InChI=1S/C21H30NO3.Li/c1-20(2,3)25-19(23)22-18(16-24-21(22,4)5)15-11-7-10-14-17-12-8-6-9-13-17;/h6-8,11-13,18H,10,14-16H2,1-5H3;/q-1;+1/b11-7+;/t18-;/m0./s1. The Labute approximate surface area is 170 Å². The average Bonchev–Trinajstić information content (AvgIpc) is 2.81. The number of carbonyl (C=O) groups is 1. The summed E-state index contributed by atoms with van der Waals surface area (Å²) >= 11 is 0. The minimum Gasteiger partial charge on any atom is -0.444 e. The van der Waals surface area contributed by atoms with E-state index >= 15 is 0 Å². The molecule has 0 aromatic heterocycles. The summed E-state index contributed by atoms with van der Waals surface area (Å²) in [5.74, 6) is 0. The van der Waals surface area contributed by atoms with Crippen LogP contribution in [-0.2, 0) is 15.9 Å². The minimum absolute atomic E-state index is 0. The number of carbonyl (C=O) groups excluding carboxylic acids is 1. The summed E-state index contributed by atoms with van der Waals surface area (Å²) in [6, 6.07) is 11.2. The average molecular weight is 351 g/mol. The molecule has 0 bridgehead atoms. The second-order valence-electron chi connectivity index (χ2n) is 7.92. The van der Waals surface area contributed by atoms with E-state index in [0.29, 0.717) is 6.61 Å². The molecule has 1 aliphatic heterocycles. The number of nitrogens with zero attached hydrogens (tertiary/aromatic N) is 1. The first-order chi connectivity index (χ1) is 11.7. The molecule has 1 saturated heterocycles. The molecule has 1 atom stereocenters. The fourth-order valence-electron chi connectivity index (χ4n) is 2.94. The third-order valence-electron chi connectivity index (χ3n) is 4.11. The molecule has 4 nitrogen and oxygen atoms in total. The molecular weight excluding hydrogens is 321 g/mol. The molecule has 1 aliphatic rings. The van der Waals surface area contributed by atoms with Crippen molar-refractivity contribution in [2.45, 2.75) is 71.2 Å². The number of rotatable bonds is 5. The normalized spacial score (nSPS) is 19.4. The summed E-state index contributed by atoms with van der Waals surface area (Å²) in [6.45, 7) is 9.99. The Hall–Kier alpha value is -1.21. The van der Waals surface area contributed by atoms with Gasteiger partial charge in [0.25, 0.3) is 0 Å². The maximum atomic E-state index is 12.6. The minimum atomic E-state index is -0.638. The Balaban J connectivity index is 0.00000338. The number of benzene rings is 1. The van der Waals surface area contributed by atoms with Crippen molar-refractivity contribution in [2.24, 2.45) is 0 Å². The van der Waals surface area contributed by atoms with Crippen LogP contribution >= 0.6 is 0 Å². The smallest absolute Gasteiger partial charge is 0.444 e. The molecule has 5 heteroatoms. The Kier molecular flexibility index (Phi) is 8.47. The SMILES string of the molecule is CC(C)(C)OC(=O)N1[C@@H](C/C=C/CCc2c[c-]ccc2)COC1(C)C.[Li+]. The fraction of sp³-hybridized carbons (Fsp3) is 0.571. The Morgan fingerprint density at radius 3 is 2.77 bits per heavy atom. The second kappa shape index (κ2) is 9.64. The van der Waals surface area contributed by atoms with Gasteiger partial charge >= 0.3 is 25.0 Å². The van der Waals surface area contributed by atoms with Crippen molar-refractivity contribution in [2.75, 3.05) is 6.61 Å². The van der Waals surface area contributed by atoms with E-state index in [0.717, 1.165) is 19.3 Å². The maximum absolute atomic E-state index is 12.6. The molecule has 0 aliphatic carbocycles. The first-order valence-corrected chi connectivity index (χ1v) is 8.95. The Morgan fingerprint density at radius 1 is 1.42 bits per heavy atom. The predicted octanol–water partition coefficient (Wildman–Crippen LogP) is 1.74. The zero-order valence-corrected chi connectivity index (χ0v) is 17.0. The summed E-state index contributed by atoms with van der Waals surface area (Å²) in [5, 5.41) is 0. The molecule has 1 aromatic rings. The van der Waals surface area contributed by atoms with Gasteiger partial charge in [-0.3, -0.25) is 4.90 Å². The molecule has 138 valence electrons. The molecule has 0 radical (unpaired) electrons. The molecule has 1 fully saturated rings. The number of aryl methyl sites for hydroxylation is 1. The van der Waals surface area contributed by atoms with Gasteiger partial charge in [-0.2, -0.15) is 35.9 Å². The van der Waals surface area contributed by atoms with Gasteiger partial charge in [0.1, 0.15) is 11.3 Å². The summed E-state index contributed by atoms with van der Waals surface area (Å²) in [5.41, 5.74) is 0.136. The fourth-order valence-corrected chi connectivity index (χ4v) is 2.94. The summed E-state index contributed by atoms with van der Waals surface area (Å²) in [6.07, 6.45) is 6.74. The quantitative estimate of drug-likeness (QED) is 0.461. The van der Waals surface area contributed by atoms with Crippen molar-refractivity contribution in [3.63, 3.8) is 0 Å². The Bertz CT molecular complexity index is 593. The van der Waals surface area contributed by atoms with Gasteiger partial charge in [0.2, 0.25) is 0 Å². The van der Waals surface area contributed by atoms with Crippen molar-refractivity contribution in [3.05, 3.63) is 48.0 Å². The molecule has 2 rings (SSSR count). The molecule has 0 N–H and O–H groups in total. The van der Waals surface area contributed by atoms with Gasteiger partial charge in [0.05, 0.1) is 12.6 Å². The zero-order chi connectivity index (χ0) is 18.5. The van der Waals surface area contributed by atoms with Crippen LogP contribution in [0.25, 0.3) is 0 Å². The van der Waals surface area contributed by atoms with E-state index in [1.165, 1.54) is 5.56 Å². The largest absolute Gasteiger partial charge is 1.00 e. The molecular formula is C21H30LiNO3. The number of hydrogen-bond donors (Lipinski definition) is 0. The topological polar surface area (TPSA) is 38.8 Å². The van der Waals surface area contributed by atoms with Crippen LogP contribution in [0.4, 0.5) is 4.79 Å². The van der Waals surface area contributed by atoms with Gasteiger partial charge in [-0.05, 0) is 47.5 Å². The first-order valence-electron chi connectivity index (χ1n) is 8.95. The monoisotopic (exact) mass is 351 g/mol. The van der Waals surface area contributed by atoms with Crippen LogP contribution in [0.2, 0.25) is 0 Å². The van der Waals surface area contributed by atoms with Crippen LogP contribution in [0.1, 0.15) is 53.0 Å². The number of hydrogen-bond acceptors (Lipinski definition) is 3. The van der Waals surface area contributed by atoms with E-state index in [9.17, 15) is 4.79 Å². The summed E-state index contributed by atoms with van der Waals surface area (Å²) < 4.78 is 11.4. The molecule has 0 saturated carbocycles. The summed E-state index contributed by atoms with van der Waals surface area (Å²) in [7, 11) is 0. The zero-order valence-electron chi connectivity index (χ0n) is 17.0. The van der Waals surface area contributed by atoms with Crippen LogP contribution in [0.3, 0.4) is 0 Å². The van der Waals surface area contributed by atoms with E-state index in [-0.39, 0.29) is 31.0 Å². The van der Waals surface area contributed by atoms with Gasteiger partial charge < -0.3 is 9.47 Å². The van der Waals surface area contributed by atoms with Crippen LogP contribution in [-0.4, -0.2) is 35.0 Å². The third kappa shape index (κ3) is 6.83. The first kappa shape index (κ1) is 22.8. The maximum Gasteiger partial charge on any atom is 1.00 e. The van der Waals surface area contributed by atoms with Crippen molar-refractivity contribution in [1.82, 2.24) is 4.90 Å². The van der Waals surface area contributed by atoms with Crippen molar-refractivity contribution < 1.29 is 33.1 Å². The summed E-state index contributed by atoms with van der Waals surface area (Å²) in [4.78, 5) is 14.3. The van der Waals surface area contributed by atoms with E-state index in [1.54, 1.807) is 4.90 Å². The van der Waals surface area contributed by atoms with Crippen molar-refractivity contribution in [3.8, 4) is 0 Å². The second-order valence-corrected chi connectivity index (χ2v) is 7.92. The van der Waals surface area contributed by atoms with Crippen LogP contribution in [0.15, 0.2) is 36.4 Å². The van der Waals surface area contributed by atoms with Gasteiger partial charge in [0, 0.05) is 0 Å². The predicted molar refractivity (Wildman–Crippen MR) is 99.2 cm³/mol. The van der Waals surface area contributed by atoms with Crippen molar-refractivity contribution >= 4 is 6.09 Å². The van der Waals surface area contributed by atoms with Gasteiger partial charge in [0.15, 0.2) is 0 Å². The van der Waals surface area contributed by atoms with Crippen molar-refractivity contribution in [1.29, 1.82) is 0 Å². The molecule has 0 unspecified atom stereocenters. The van der Waals surface area contributed by atoms with E-state index in [4.69, 9.17) is 9.47 Å². The van der Waals surface area contributed by atoms with E-state index < -0.39 is 11.3 Å². The Morgan fingerprint density at radius 2 is 2.15 bits per heavy atom. The van der Waals surface area contributed by atoms with Crippen LogP contribution in [0.5, 0.6) is 0 Å². The van der Waals surface area contributed by atoms with E-state index in [2.05, 4.69) is 24.3 Å². The molecule has 26 heavy (non-hydrogen) atoms. The number of allylic oxidation sites excluding steroid dienone is 1. The molecule has 0 spiro atoms.